The highest BCUT2D eigenvalue weighted by Gasteiger charge is 2.17. The largest absolute Gasteiger partial charge is 0.450 e. The average molecular weight is 382 g/mol. The number of furan rings is 1. The van der Waals surface area contributed by atoms with Crippen LogP contribution in [0.15, 0.2) is 64.2 Å². The number of sulfonamides is 1. The lowest BCUT2D eigenvalue weighted by Crippen LogP contribution is -2.19. The second-order valence-corrected chi connectivity index (χ2v) is 8.03. The maximum Gasteiger partial charge on any atom is 0.240 e. The first-order valence-corrected chi connectivity index (χ1v) is 9.90. The summed E-state index contributed by atoms with van der Waals surface area (Å²) in [4.78, 5) is 8.86. The van der Waals surface area contributed by atoms with Gasteiger partial charge in [0, 0.05) is 5.39 Å². The molecule has 2 N–H and O–H groups in total. The van der Waals surface area contributed by atoms with E-state index in [0.717, 1.165) is 22.0 Å². The van der Waals surface area contributed by atoms with Gasteiger partial charge in [0.2, 0.25) is 10.0 Å². The zero-order valence-corrected chi connectivity index (χ0v) is 15.6. The third-order valence-electron chi connectivity index (χ3n) is 4.45. The summed E-state index contributed by atoms with van der Waals surface area (Å²) in [5, 5.41) is 4.22. The van der Waals surface area contributed by atoms with Gasteiger partial charge in [-0.1, -0.05) is 24.3 Å². The van der Waals surface area contributed by atoms with Gasteiger partial charge >= 0.3 is 0 Å². The van der Waals surface area contributed by atoms with Crippen molar-refractivity contribution in [2.75, 3.05) is 12.4 Å². The Labute approximate surface area is 156 Å². The molecule has 0 bridgehead atoms. The molecular formula is C19H18N4O3S. The number of aromatic nitrogens is 2. The van der Waals surface area contributed by atoms with E-state index >= 15 is 0 Å². The molecule has 27 heavy (non-hydrogen) atoms. The summed E-state index contributed by atoms with van der Waals surface area (Å²) in [6.45, 7) is 1.93. The molecule has 2 aromatic heterocycles. The van der Waals surface area contributed by atoms with Crippen LogP contribution in [0.5, 0.6) is 0 Å². The third-order valence-corrected chi connectivity index (χ3v) is 5.86. The Morgan fingerprint density at radius 2 is 1.89 bits per heavy atom. The molecule has 0 aliphatic heterocycles. The fourth-order valence-electron chi connectivity index (χ4n) is 2.98. The van der Waals surface area contributed by atoms with Gasteiger partial charge in [0.05, 0.1) is 10.9 Å². The van der Waals surface area contributed by atoms with Crippen molar-refractivity contribution in [2.24, 2.45) is 0 Å². The van der Waals surface area contributed by atoms with Crippen molar-refractivity contribution < 1.29 is 12.8 Å². The van der Waals surface area contributed by atoms with Crippen molar-refractivity contribution in [3.05, 3.63) is 60.4 Å². The predicted octanol–water partition coefficient (Wildman–Crippen LogP) is 3.46. The lowest BCUT2D eigenvalue weighted by Gasteiger charge is -2.16. The molecule has 8 heteroatoms. The molecule has 0 fully saturated rings. The topological polar surface area (TPSA) is 97.1 Å². The highest BCUT2D eigenvalue weighted by Crippen LogP contribution is 2.32. The van der Waals surface area contributed by atoms with Crippen LogP contribution >= 0.6 is 0 Å². The number of nitrogens with one attached hydrogen (secondary N) is 2. The molecule has 2 heterocycles. The summed E-state index contributed by atoms with van der Waals surface area (Å²) < 4.78 is 32.3. The number of hydrogen-bond acceptors (Lipinski definition) is 6. The molecule has 138 valence electrons. The van der Waals surface area contributed by atoms with Crippen molar-refractivity contribution in [3.8, 4) is 0 Å². The zero-order valence-electron chi connectivity index (χ0n) is 14.8. The maximum absolute atomic E-state index is 12.0. The zero-order chi connectivity index (χ0) is 19.0. The van der Waals surface area contributed by atoms with Crippen LogP contribution in [0.3, 0.4) is 0 Å². The van der Waals surface area contributed by atoms with Crippen LogP contribution in [0.25, 0.3) is 22.1 Å². The van der Waals surface area contributed by atoms with Gasteiger partial charge in [0.25, 0.3) is 0 Å². The molecule has 2 aromatic carbocycles. The summed E-state index contributed by atoms with van der Waals surface area (Å²) >= 11 is 0. The van der Waals surface area contributed by atoms with Crippen molar-refractivity contribution >= 4 is 37.9 Å². The predicted molar refractivity (Wildman–Crippen MR) is 104 cm³/mol. The van der Waals surface area contributed by atoms with E-state index in [2.05, 4.69) is 20.0 Å². The minimum absolute atomic E-state index is 0.191. The Kier molecular flexibility index (Phi) is 4.29. The smallest absolute Gasteiger partial charge is 0.240 e. The van der Waals surface area contributed by atoms with Crippen LogP contribution in [0, 0.1) is 0 Å². The summed E-state index contributed by atoms with van der Waals surface area (Å²) in [5.74, 6) is 0.561. The quantitative estimate of drug-likeness (QED) is 0.549. The number of rotatable bonds is 5. The van der Waals surface area contributed by atoms with Crippen LogP contribution in [-0.2, 0) is 10.0 Å². The van der Waals surface area contributed by atoms with E-state index in [4.69, 9.17) is 4.42 Å². The summed E-state index contributed by atoms with van der Waals surface area (Å²) in [6, 6.07) is 14.3. The van der Waals surface area contributed by atoms with E-state index in [9.17, 15) is 8.42 Å². The first kappa shape index (κ1) is 17.4. The molecule has 1 unspecified atom stereocenters. The normalized spacial score (nSPS) is 13.1. The minimum Gasteiger partial charge on any atom is -0.450 e. The molecule has 4 rings (SSSR count). The monoisotopic (exact) mass is 382 g/mol. The Morgan fingerprint density at radius 3 is 2.70 bits per heavy atom. The average Bonchev–Trinajstić information content (AvgIpc) is 3.08. The molecule has 4 aromatic rings. The first-order valence-electron chi connectivity index (χ1n) is 8.42. The maximum atomic E-state index is 12.0. The van der Waals surface area contributed by atoms with Crippen LogP contribution in [0.2, 0.25) is 0 Å². The molecule has 0 aliphatic carbocycles. The van der Waals surface area contributed by atoms with Gasteiger partial charge in [-0.05, 0) is 43.8 Å². The molecule has 7 nitrogen and oxygen atoms in total. The number of anilines is 1. The molecule has 0 saturated heterocycles. The van der Waals surface area contributed by atoms with Gasteiger partial charge in [0.1, 0.15) is 17.4 Å². The Morgan fingerprint density at radius 1 is 1.07 bits per heavy atom. The highest BCUT2D eigenvalue weighted by atomic mass is 32.2. The summed E-state index contributed by atoms with van der Waals surface area (Å²) in [6.07, 6.45) is 1.49. The molecule has 0 saturated carbocycles. The van der Waals surface area contributed by atoms with Gasteiger partial charge in [0.15, 0.2) is 11.4 Å². The molecule has 1 atom stereocenters. The van der Waals surface area contributed by atoms with E-state index in [0.29, 0.717) is 11.4 Å². The molecule has 0 aliphatic rings. The SMILES string of the molecule is CNS(=O)(=O)c1cccc(C(C)Nc2ncnc3c2oc2ccccc23)c1. The number of benzene rings is 2. The lowest BCUT2D eigenvalue weighted by atomic mass is 10.1. The van der Waals surface area contributed by atoms with Crippen LogP contribution < -0.4 is 10.0 Å². The second-order valence-electron chi connectivity index (χ2n) is 6.14. The summed E-state index contributed by atoms with van der Waals surface area (Å²) in [7, 11) is -2.11. The Balaban J connectivity index is 1.71. The van der Waals surface area contributed by atoms with Crippen molar-refractivity contribution in [3.63, 3.8) is 0 Å². The van der Waals surface area contributed by atoms with Crippen LogP contribution in [-0.4, -0.2) is 25.4 Å². The van der Waals surface area contributed by atoms with Gasteiger partial charge in [-0.2, -0.15) is 0 Å². The molecular weight excluding hydrogens is 364 g/mol. The molecule has 0 radical (unpaired) electrons. The standard InChI is InChI=1S/C19H18N4O3S/c1-12(13-6-5-7-14(10-13)27(24,25)20-2)23-19-18-17(21-11-22-19)15-8-3-4-9-16(15)26-18/h3-12,20H,1-2H3,(H,21,22,23). The Bertz CT molecular complexity index is 1230. The van der Waals surface area contributed by atoms with Gasteiger partial charge < -0.3 is 9.73 Å². The van der Waals surface area contributed by atoms with Crippen molar-refractivity contribution in [2.45, 2.75) is 17.9 Å². The van der Waals surface area contributed by atoms with E-state index in [1.807, 2.05) is 37.3 Å². The molecule has 0 amide bonds. The van der Waals surface area contributed by atoms with E-state index in [1.165, 1.54) is 13.4 Å². The number of para-hydroxylation sites is 1. The fraction of sp³-hybridized carbons (Fsp3) is 0.158. The molecule has 0 spiro atoms. The lowest BCUT2D eigenvalue weighted by molar-refractivity contribution is 0.588. The number of fused-ring (bicyclic) bond motifs is 3. The minimum atomic E-state index is -3.50. The number of nitrogens with zero attached hydrogens (tertiary/aromatic N) is 2. The van der Waals surface area contributed by atoms with Crippen molar-refractivity contribution in [1.29, 1.82) is 0 Å². The Hall–Kier alpha value is -2.97. The van der Waals surface area contributed by atoms with Gasteiger partial charge in [-0.25, -0.2) is 23.1 Å². The van der Waals surface area contributed by atoms with Crippen LogP contribution in [0.1, 0.15) is 18.5 Å². The van der Waals surface area contributed by atoms with E-state index < -0.39 is 10.0 Å². The van der Waals surface area contributed by atoms with E-state index in [1.54, 1.807) is 18.2 Å². The van der Waals surface area contributed by atoms with Crippen LogP contribution in [0.4, 0.5) is 5.82 Å². The summed E-state index contributed by atoms with van der Waals surface area (Å²) in [5.41, 5.74) is 2.87. The van der Waals surface area contributed by atoms with Gasteiger partial charge in [-0.3, -0.25) is 0 Å². The highest BCUT2D eigenvalue weighted by molar-refractivity contribution is 7.89. The van der Waals surface area contributed by atoms with E-state index in [-0.39, 0.29) is 10.9 Å². The third kappa shape index (κ3) is 3.13. The van der Waals surface area contributed by atoms with Crippen molar-refractivity contribution in [1.82, 2.24) is 14.7 Å². The fourth-order valence-corrected chi connectivity index (χ4v) is 3.77. The first-order chi connectivity index (χ1) is 13.0. The number of hydrogen-bond donors (Lipinski definition) is 2. The van der Waals surface area contributed by atoms with Gasteiger partial charge in [-0.15, -0.1) is 0 Å². The second kappa shape index (κ2) is 6.64.